The summed E-state index contributed by atoms with van der Waals surface area (Å²) in [5, 5.41) is 2.27. The summed E-state index contributed by atoms with van der Waals surface area (Å²) >= 11 is 0. The fourth-order valence-corrected chi connectivity index (χ4v) is 6.55. The molecule has 0 radical (unpaired) electrons. The predicted molar refractivity (Wildman–Crippen MR) is 197 cm³/mol. The van der Waals surface area contributed by atoms with Crippen LogP contribution in [0.3, 0.4) is 0 Å². The summed E-state index contributed by atoms with van der Waals surface area (Å²) in [6.45, 7) is 3.85. The highest BCUT2D eigenvalue weighted by molar-refractivity contribution is 7.50. The molecule has 290 valence electrons. The van der Waals surface area contributed by atoms with Crippen molar-refractivity contribution in [3.63, 3.8) is 0 Å². The molecule has 0 aliphatic carbocycles. The van der Waals surface area contributed by atoms with Gasteiger partial charge in [0.15, 0.2) is 6.10 Å². The van der Waals surface area contributed by atoms with Crippen molar-refractivity contribution in [3.8, 4) is 0 Å². The van der Waals surface area contributed by atoms with E-state index in [0.717, 1.165) is 38.5 Å². The summed E-state index contributed by atoms with van der Waals surface area (Å²) in [4.78, 5) is 45.2. The van der Waals surface area contributed by atoms with Gasteiger partial charge in [-0.1, -0.05) is 168 Å². The Morgan fingerprint density at radius 3 is 1.41 bits per heavy atom. The van der Waals surface area contributed by atoms with E-state index in [1.54, 1.807) is 0 Å². The summed E-state index contributed by atoms with van der Waals surface area (Å²) < 4.78 is 32.8. The first kappa shape index (κ1) is 47.5. The molecule has 0 amide bonds. The van der Waals surface area contributed by atoms with E-state index in [0.29, 0.717) is 6.42 Å². The van der Waals surface area contributed by atoms with E-state index in [9.17, 15) is 23.8 Å². The molecule has 0 aromatic carbocycles. The molecule has 10 nitrogen and oxygen atoms in total. The van der Waals surface area contributed by atoms with Crippen LogP contribution in [0.1, 0.15) is 194 Å². The van der Waals surface area contributed by atoms with Crippen molar-refractivity contribution in [2.24, 2.45) is 0 Å². The van der Waals surface area contributed by atoms with Gasteiger partial charge in [-0.2, -0.15) is 0 Å². The smallest absolute Gasteiger partial charge is 0.403 e. The van der Waals surface area contributed by atoms with Gasteiger partial charge in [-0.15, -0.1) is 0 Å². The van der Waals surface area contributed by atoms with Crippen LogP contribution in [-0.2, 0) is 37.7 Å². The summed E-state index contributed by atoms with van der Waals surface area (Å²) in [6, 6.07) is 0. The first-order valence-corrected chi connectivity index (χ1v) is 21.5. The van der Waals surface area contributed by atoms with Crippen molar-refractivity contribution in [1.82, 2.24) is 5.09 Å². The third-order valence-corrected chi connectivity index (χ3v) is 9.85. The van der Waals surface area contributed by atoms with Gasteiger partial charge in [0.1, 0.15) is 13.2 Å². The number of carbonyl (C=O) groups excluding carboxylic acids is 3. The fraction of sp³-hybridized carbons (Fsp3) is 0.921. The largest absolute Gasteiger partial charge is 0.467 e. The molecule has 0 saturated heterocycles. The molecule has 0 aliphatic heterocycles. The molecule has 2 atom stereocenters. The second-order valence-corrected chi connectivity index (χ2v) is 15.1. The van der Waals surface area contributed by atoms with Gasteiger partial charge in [0, 0.05) is 19.4 Å². The zero-order valence-corrected chi connectivity index (χ0v) is 32.3. The molecule has 0 aromatic rings. The number of carbonyl (C=O) groups is 3. The second-order valence-electron chi connectivity index (χ2n) is 13.5. The highest BCUT2D eigenvalue weighted by atomic mass is 31.2. The minimum atomic E-state index is -4.25. The third-order valence-electron chi connectivity index (χ3n) is 8.73. The van der Waals surface area contributed by atoms with Crippen LogP contribution in [0, 0.1) is 0 Å². The second kappa shape index (κ2) is 36.3. The molecule has 2 N–H and O–H groups in total. The highest BCUT2D eigenvalue weighted by Gasteiger charge is 2.24. The average molecular weight is 720 g/mol. The molecule has 0 fully saturated rings. The van der Waals surface area contributed by atoms with Crippen molar-refractivity contribution in [1.29, 1.82) is 0 Å². The standard InChI is InChI=1S/C38H74NO9P/c1-3-5-7-9-11-13-15-17-19-21-23-25-27-29-37(41)46-33-36(34-47-49(43,44)39-31-32-45-35-40)48-38(42)30-28-26-24-22-20-18-16-14-12-10-8-6-4-2/h35-36H,3-34H2,1-2H3,(H2,39,43,44). The van der Waals surface area contributed by atoms with E-state index in [-0.39, 0.29) is 39.1 Å². The minimum Gasteiger partial charge on any atom is -0.467 e. The van der Waals surface area contributed by atoms with Crippen LogP contribution in [0.2, 0.25) is 0 Å². The molecule has 0 aliphatic rings. The third kappa shape index (κ3) is 36.1. The van der Waals surface area contributed by atoms with Gasteiger partial charge in [-0.05, 0) is 12.8 Å². The minimum absolute atomic E-state index is 0.0931. The predicted octanol–water partition coefficient (Wildman–Crippen LogP) is 10.3. The molecule has 0 saturated carbocycles. The maximum absolute atomic E-state index is 12.6. The zero-order valence-electron chi connectivity index (χ0n) is 31.4. The molecule has 0 aromatic heterocycles. The number of esters is 2. The van der Waals surface area contributed by atoms with E-state index in [1.807, 2.05) is 0 Å². The van der Waals surface area contributed by atoms with Crippen molar-refractivity contribution < 1.29 is 42.6 Å². The number of unbranched alkanes of at least 4 members (excludes halogenated alkanes) is 24. The Morgan fingerprint density at radius 1 is 0.612 bits per heavy atom. The summed E-state index contributed by atoms with van der Waals surface area (Å²) in [5.74, 6) is -0.846. The maximum Gasteiger partial charge on any atom is 0.403 e. The lowest BCUT2D eigenvalue weighted by molar-refractivity contribution is -0.161. The van der Waals surface area contributed by atoms with Gasteiger partial charge in [0.05, 0.1) is 6.61 Å². The first-order valence-electron chi connectivity index (χ1n) is 20.0. The lowest BCUT2D eigenvalue weighted by atomic mass is 10.0. The first-order chi connectivity index (χ1) is 23.8. The maximum atomic E-state index is 12.6. The van der Waals surface area contributed by atoms with Crippen molar-refractivity contribution >= 4 is 26.2 Å². The fourth-order valence-electron chi connectivity index (χ4n) is 5.72. The van der Waals surface area contributed by atoms with Gasteiger partial charge in [-0.3, -0.25) is 18.9 Å². The van der Waals surface area contributed by atoms with Crippen LogP contribution < -0.4 is 5.09 Å². The van der Waals surface area contributed by atoms with Crippen LogP contribution in [0.5, 0.6) is 0 Å². The Kier molecular flexibility index (Phi) is 35.2. The zero-order chi connectivity index (χ0) is 36.1. The molecule has 49 heavy (non-hydrogen) atoms. The van der Waals surface area contributed by atoms with Crippen LogP contribution in [0.4, 0.5) is 0 Å². The van der Waals surface area contributed by atoms with Crippen LogP contribution >= 0.6 is 7.75 Å². The molecule has 0 heterocycles. The Bertz CT molecular complexity index is 814. The molecule has 2 unspecified atom stereocenters. The lowest BCUT2D eigenvalue weighted by Crippen LogP contribution is -2.30. The Hall–Kier alpha value is -1.48. The summed E-state index contributed by atoms with van der Waals surface area (Å²) in [5.41, 5.74) is 0. The van der Waals surface area contributed by atoms with Crippen LogP contribution in [0.15, 0.2) is 0 Å². The van der Waals surface area contributed by atoms with Crippen molar-refractivity contribution in [2.75, 3.05) is 26.4 Å². The molecular formula is C38H74NO9P. The number of nitrogens with one attached hydrogen (secondary N) is 1. The number of hydrogen-bond acceptors (Lipinski definition) is 8. The lowest BCUT2D eigenvalue weighted by Gasteiger charge is -2.20. The van der Waals surface area contributed by atoms with E-state index >= 15 is 0 Å². The van der Waals surface area contributed by atoms with E-state index in [1.165, 1.54) is 122 Å². The number of ether oxygens (including phenoxy) is 3. The molecular weight excluding hydrogens is 645 g/mol. The average Bonchev–Trinajstić information content (AvgIpc) is 3.08. The van der Waals surface area contributed by atoms with E-state index < -0.39 is 32.4 Å². The summed E-state index contributed by atoms with van der Waals surface area (Å²) in [7, 11) is -4.25. The van der Waals surface area contributed by atoms with Gasteiger partial charge >= 0.3 is 19.7 Å². The van der Waals surface area contributed by atoms with E-state index in [2.05, 4.69) is 23.7 Å². The van der Waals surface area contributed by atoms with Crippen molar-refractivity contribution in [3.05, 3.63) is 0 Å². The number of hydrogen-bond donors (Lipinski definition) is 2. The van der Waals surface area contributed by atoms with Crippen LogP contribution in [0.25, 0.3) is 0 Å². The molecule has 0 spiro atoms. The quantitative estimate of drug-likeness (QED) is 0.0207. The van der Waals surface area contributed by atoms with Gasteiger partial charge in [0.25, 0.3) is 6.47 Å². The van der Waals surface area contributed by atoms with Gasteiger partial charge in [-0.25, -0.2) is 9.65 Å². The molecule has 0 bridgehead atoms. The van der Waals surface area contributed by atoms with Crippen molar-refractivity contribution in [2.45, 2.75) is 200 Å². The van der Waals surface area contributed by atoms with Gasteiger partial charge in [0.2, 0.25) is 0 Å². The SMILES string of the molecule is CCCCCCCCCCCCCCCC(=O)OCC(COP(=O)(O)NCCOC=O)OC(=O)CCCCCCCCCCCCCCC. The topological polar surface area (TPSA) is 137 Å². The Morgan fingerprint density at radius 2 is 1.00 bits per heavy atom. The van der Waals surface area contributed by atoms with Gasteiger partial charge < -0.3 is 19.1 Å². The summed E-state index contributed by atoms with van der Waals surface area (Å²) in [6.07, 6.45) is 31.0. The van der Waals surface area contributed by atoms with Crippen LogP contribution in [-0.4, -0.2) is 55.8 Å². The molecule has 0 rings (SSSR count). The van der Waals surface area contributed by atoms with E-state index in [4.69, 9.17) is 14.0 Å². The Balaban J connectivity index is 4.29. The normalized spacial score (nSPS) is 13.1. The number of rotatable bonds is 39. The Labute approximate surface area is 299 Å². The highest BCUT2D eigenvalue weighted by Crippen LogP contribution is 2.36. The monoisotopic (exact) mass is 720 g/mol. The molecule has 11 heteroatoms.